The molecule has 0 spiro atoms. The van der Waals surface area contributed by atoms with Crippen molar-refractivity contribution in [3.05, 3.63) is 29.8 Å². The summed E-state index contributed by atoms with van der Waals surface area (Å²) in [7, 11) is 0. The van der Waals surface area contributed by atoms with Crippen LogP contribution in [0.5, 0.6) is 0 Å². The number of hydrogen-bond acceptors (Lipinski definition) is 4. The topological polar surface area (TPSA) is 54.5 Å². The lowest BCUT2D eigenvalue weighted by Crippen LogP contribution is -2.47. The Labute approximate surface area is 118 Å². The highest BCUT2D eigenvalue weighted by atomic mass is 19.1. The minimum Gasteiger partial charge on any atom is -0.373 e. The average Bonchev–Trinajstić information content (AvgIpc) is 2.38. The van der Waals surface area contributed by atoms with Gasteiger partial charge in [0.05, 0.1) is 17.8 Å². The average molecular weight is 281 g/mol. The standard InChI is InChI=1S/C14H20FN3O2/c1-10-8-18(9-11(2)20-10)6-5-16-14(19)12-3-4-13(15)17-7-12/h3-4,7,10-11H,5-6,8-9H2,1-2H3,(H,16,19)/t10-,11-/m0/s1. The molecule has 0 saturated carbocycles. The molecule has 2 heterocycles. The molecule has 1 aliphatic heterocycles. The number of amides is 1. The van der Waals surface area contributed by atoms with E-state index in [2.05, 4.69) is 15.2 Å². The van der Waals surface area contributed by atoms with Crippen LogP contribution in [0.3, 0.4) is 0 Å². The predicted molar refractivity (Wildman–Crippen MR) is 73.0 cm³/mol. The summed E-state index contributed by atoms with van der Waals surface area (Å²) in [6.45, 7) is 7.17. The van der Waals surface area contributed by atoms with E-state index in [4.69, 9.17) is 4.74 Å². The number of nitrogens with one attached hydrogen (secondary N) is 1. The molecule has 0 radical (unpaired) electrons. The van der Waals surface area contributed by atoms with Gasteiger partial charge in [-0.3, -0.25) is 9.69 Å². The van der Waals surface area contributed by atoms with Crippen LogP contribution >= 0.6 is 0 Å². The Bertz CT molecular complexity index is 442. The van der Waals surface area contributed by atoms with Crippen LogP contribution in [0.15, 0.2) is 18.3 Å². The molecule has 2 rings (SSSR count). The van der Waals surface area contributed by atoms with Crippen molar-refractivity contribution in [3.8, 4) is 0 Å². The molecule has 110 valence electrons. The number of halogens is 1. The van der Waals surface area contributed by atoms with Crippen molar-refractivity contribution in [2.24, 2.45) is 0 Å². The van der Waals surface area contributed by atoms with E-state index < -0.39 is 5.95 Å². The Kier molecular flexibility index (Phi) is 5.03. The van der Waals surface area contributed by atoms with Crippen LogP contribution in [0.2, 0.25) is 0 Å². The van der Waals surface area contributed by atoms with E-state index in [0.717, 1.165) is 19.6 Å². The van der Waals surface area contributed by atoms with Gasteiger partial charge in [0, 0.05) is 32.4 Å². The highest BCUT2D eigenvalue weighted by Gasteiger charge is 2.21. The minimum absolute atomic E-state index is 0.218. The lowest BCUT2D eigenvalue weighted by molar-refractivity contribution is -0.0672. The second-order valence-corrected chi connectivity index (χ2v) is 5.14. The van der Waals surface area contributed by atoms with Gasteiger partial charge in [-0.1, -0.05) is 0 Å². The van der Waals surface area contributed by atoms with Crippen molar-refractivity contribution < 1.29 is 13.9 Å². The van der Waals surface area contributed by atoms with Crippen LogP contribution in [0.4, 0.5) is 4.39 Å². The van der Waals surface area contributed by atoms with Crippen LogP contribution < -0.4 is 5.32 Å². The lowest BCUT2D eigenvalue weighted by atomic mass is 10.2. The molecule has 1 aromatic heterocycles. The van der Waals surface area contributed by atoms with Crippen LogP contribution in [-0.2, 0) is 4.74 Å². The number of aromatic nitrogens is 1. The Morgan fingerprint density at radius 2 is 2.15 bits per heavy atom. The molecular formula is C14H20FN3O2. The number of hydrogen-bond donors (Lipinski definition) is 1. The van der Waals surface area contributed by atoms with E-state index in [0.29, 0.717) is 12.1 Å². The third-order valence-electron chi connectivity index (χ3n) is 3.20. The van der Waals surface area contributed by atoms with Crippen molar-refractivity contribution in [3.63, 3.8) is 0 Å². The third kappa shape index (κ3) is 4.25. The van der Waals surface area contributed by atoms with Crippen molar-refractivity contribution in [1.29, 1.82) is 0 Å². The Morgan fingerprint density at radius 1 is 1.45 bits per heavy atom. The van der Waals surface area contributed by atoms with Gasteiger partial charge in [-0.15, -0.1) is 0 Å². The highest BCUT2D eigenvalue weighted by Crippen LogP contribution is 2.09. The normalized spacial score (nSPS) is 23.6. The molecule has 1 fully saturated rings. The van der Waals surface area contributed by atoms with Gasteiger partial charge in [0.25, 0.3) is 5.91 Å². The molecule has 0 unspecified atom stereocenters. The summed E-state index contributed by atoms with van der Waals surface area (Å²) >= 11 is 0. The maximum atomic E-state index is 12.7. The van der Waals surface area contributed by atoms with Gasteiger partial charge in [-0.05, 0) is 26.0 Å². The van der Waals surface area contributed by atoms with Gasteiger partial charge < -0.3 is 10.1 Å². The zero-order chi connectivity index (χ0) is 14.5. The monoisotopic (exact) mass is 281 g/mol. The van der Waals surface area contributed by atoms with E-state index in [9.17, 15) is 9.18 Å². The predicted octanol–water partition coefficient (Wildman–Crippen LogP) is 1.06. The number of rotatable bonds is 4. The van der Waals surface area contributed by atoms with E-state index in [1.165, 1.54) is 18.3 Å². The number of ether oxygens (including phenoxy) is 1. The fourth-order valence-electron chi connectivity index (χ4n) is 2.41. The van der Waals surface area contributed by atoms with Gasteiger partial charge in [-0.2, -0.15) is 4.39 Å². The minimum atomic E-state index is -0.585. The molecular weight excluding hydrogens is 261 g/mol. The summed E-state index contributed by atoms with van der Waals surface area (Å²) in [5.41, 5.74) is 0.370. The molecule has 1 N–H and O–H groups in total. The first-order valence-electron chi connectivity index (χ1n) is 6.82. The molecule has 0 aromatic carbocycles. The largest absolute Gasteiger partial charge is 0.373 e. The van der Waals surface area contributed by atoms with Crippen molar-refractivity contribution in [1.82, 2.24) is 15.2 Å². The SMILES string of the molecule is C[C@H]1CN(CCNC(=O)c2ccc(F)nc2)C[C@H](C)O1. The summed E-state index contributed by atoms with van der Waals surface area (Å²) in [5.74, 6) is -0.815. The molecule has 0 aliphatic carbocycles. The van der Waals surface area contributed by atoms with Crippen LogP contribution in [0, 0.1) is 5.95 Å². The molecule has 1 saturated heterocycles. The maximum absolute atomic E-state index is 12.7. The molecule has 1 aliphatic rings. The summed E-state index contributed by atoms with van der Waals surface area (Å²) in [6, 6.07) is 2.61. The highest BCUT2D eigenvalue weighted by molar-refractivity contribution is 5.93. The number of carbonyl (C=O) groups is 1. The number of carbonyl (C=O) groups excluding carboxylic acids is 1. The van der Waals surface area contributed by atoms with Gasteiger partial charge in [0.1, 0.15) is 0 Å². The fourth-order valence-corrected chi connectivity index (χ4v) is 2.41. The second kappa shape index (κ2) is 6.76. The van der Waals surface area contributed by atoms with Gasteiger partial charge >= 0.3 is 0 Å². The van der Waals surface area contributed by atoms with Gasteiger partial charge in [-0.25, -0.2) is 4.98 Å². The van der Waals surface area contributed by atoms with E-state index >= 15 is 0 Å². The van der Waals surface area contributed by atoms with Gasteiger partial charge in [0.2, 0.25) is 5.95 Å². The Morgan fingerprint density at radius 3 is 2.75 bits per heavy atom. The van der Waals surface area contributed by atoms with E-state index in [1.807, 2.05) is 13.8 Å². The molecule has 1 amide bonds. The fraction of sp³-hybridized carbons (Fsp3) is 0.571. The lowest BCUT2D eigenvalue weighted by Gasteiger charge is -2.35. The molecule has 6 heteroatoms. The van der Waals surface area contributed by atoms with Gasteiger partial charge in [0.15, 0.2) is 0 Å². The number of pyridine rings is 1. The van der Waals surface area contributed by atoms with Crippen LogP contribution in [0.1, 0.15) is 24.2 Å². The number of nitrogens with zero attached hydrogens (tertiary/aromatic N) is 2. The zero-order valence-corrected chi connectivity index (χ0v) is 11.8. The quantitative estimate of drug-likeness (QED) is 0.839. The molecule has 5 nitrogen and oxygen atoms in total. The molecule has 2 atom stereocenters. The first-order chi connectivity index (χ1) is 9.54. The first kappa shape index (κ1) is 14.9. The third-order valence-corrected chi connectivity index (χ3v) is 3.20. The summed E-state index contributed by atoms with van der Waals surface area (Å²) < 4.78 is 18.3. The van der Waals surface area contributed by atoms with E-state index in [-0.39, 0.29) is 18.1 Å². The Balaban J connectivity index is 1.75. The molecule has 1 aromatic rings. The zero-order valence-electron chi connectivity index (χ0n) is 11.8. The first-order valence-corrected chi connectivity index (χ1v) is 6.82. The van der Waals surface area contributed by atoms with E-state index in [1.54, 1.807) is 0 Å². The summed E-state index contributed by atoms with van der Waals surface area (Å²) in [5, 5.41) is 2.81. The second-order valence-electron chi connectivity index (χ2n) is 5.14. The molecule has 20 heavy (non-hydrogen) atoms. The smallest absolute Gasteiger partial charge is 0.252 e. The van der Waals surface area contributed by atoms with Crippen molar-refractivity contribution in [2.45, 2.75) is 26.1 Å². The van der Waals surface area contributed by atoms with Crippen molar-refractivity contribution in [2.75, 3.05) is 26.2 Å². The van der Waals surface area contributed by atoms with Crippen molar-refractivity contribution >= 4 is 5.91 Å². The summed E-state index contributed by atoms with van der Waals surface area (Å²) in [6.07, 6.45) is 1.68. The van der Waals surface area contributed by atoms with Crippen LogP contribution in [-0.4, -0.2) is 54.2 Å². The molecule has 0 bridgehead atoms. The summed E-state index contributed by atoms with van der Waals surface area (Å²) in [4.78, 5) is 17.5. The van der Waals surface area contributed by atoms with Crippen LogP contribution in [0.25, 0.3) is 0 Å². The number of morpholine rings is 1. The Hall–Kier alpha value is -1.53. The maximum Gasteiger partial charge on any atom is 0.252 e.